The summed E-state index contributed by atoms with van der Waals surface area (Å²) in [5.74, 6) is 0.790. The molecule has 0 unspecified atom stereocenters. The van der Waals surface area contributed by atoms with E-state index in [0.717, 1.165) is 43.1 Å². The number of imidazole rings is 1. The Morgan fingerprint density at radius 1 is 1.48 bits per heavy atom. The molecule has 158 valence electrons. The second-order valence-electron chi connectivity index (χ2n) is 7.30. The van der Waals surface area contributed by atoms with Crippen LogP contribution < -0.4 is 16.1 Å². The summed E-state index contributed by atoms with van der Waals surface area (Å²) >= 11 is 0. The number of amides is 1. The number of hydrogen-bond acceptors (Lipinski definition) is 6. The van der Waals surface area contributed by atoms with Crippen molar-refractivity contribution in [3.63, 3.8) is 0 Å². The smallest absolute Gasteiger partial charge is 0.250 e. The summed E-state index contributed by atoms with van der Waals surface area (Å²) in [4.78, 5) is 22.3. The molecule has 1 aliphatic rings. The molecule has 0 spiro atoms. The topological polar surface area (TPSA) is 89.4 Å². The molecule has 0 radical (unpaired) electrons. The summed E-state index contributed by atoms with van der Waals surface area (Å²) in [6.45, 7) is 7.43. The van der Waals surface area contributed by atoms with Crippen molar-refractivity contribution in [2.24, 2.45) is 0 Å². The van der Waals surface area contributed by atoms with E-state index in [-0.39, 0.29) is 11.9 Å². The molecular weight excluding hydrogens is 370 g/mol. The predicted octanol–water partition coefficient (Wildman–Crippen LogP) is 1.57. The van der Waals surface area contributed by atoms with Crippen molar-refractivity contribution in [1.82, 2.24) is 25.7 Å². The Morgan fingerprint density at radius 2 is 2.34 bits per heavy atom. The number of nitrogens with one attached hydrogen (secondary N) is 3. The third-order valence-electron chi connectivity index (χ3n) is 4.92. The van der Waals surface area contributed by atoms with Crippen LogP contribution in [0.15, 0.2) is 30.5 Å². The third kappa shape index (κ3) is 5.86. The zero-order valence-corrected chi connectivity index (χ0v) is 17.4. The molecule has 8 nitrogen and oxygen atoms in total. The first-order valence-electron chi connectivity index (χ1n) is 10.1. The van der Waals surface area contributed by atoms with E-state index in [9.17, 15) is 4.79 Å². The number of hydrogen-bond donors (Lipinski definition) is 3. The highest BCUT2D eigenvalue weighted by atomic mass is 16.6. The molecule has 8 heteroatoms. The van der Waals surface area contributed by atoms with E-state index in [1.54, 1.807) is 7.11 Å². The maximum Gasteiger partial charge on any atom is 0.250 e. The first-order valence-corrected chi connectivity index (χ1v) is 10.1. The number of aryl methyl sites for hydroxylation is 2. The number of nitrogens with zero attached hydrogens (tertiary/aromatic N) is 2. The number of hydroxylamine groups is 1. The van der Waals surface area contributed by atoms with Gasteiger partial charge in [0, 0.05) is 37.9 Å². The Labute approximate surface area is 171 Å². The van der Waals surface area contributed by atoms with E-state index in [4.69, 9.17) is 14.6 Å². The largest absolute Gasteiger partial charge is 0.366 e. The van der Waals surface area contributed by atoms with Crippen LogP contribution in [0.4, 0.5) is 0 Å². The third-order valence-corrected chi connectivity index (χ3v) is 4.92. The minimum absolute atomic E-state index is 0.111. The monoisotopic (exact) mass is 401 g/mol. The molecule has 0 bridgehead atoms. The van der Waals surface area contributed by atoms with Gasteiger partial charge in [-0.3, -0.25) is 4.79 Å². The van der Waals surface area contributed by atoms with Crippen molar-refractivity contribution >= 4 is 5.91 Å². The quantitative estimate of drug-likeness (QED) is 0.437. The fourth-order valence-corrected chi connectivity index (χ4v) is 3.37. The van der Waals surface area contributed by atoms with Crippen molar-refractivity contribution in [3.8, 4) is 11.4 Å². The van der Waals surface area contributed by atoms with Crippen LogP contribution in [0.2, 0.25) is 0 Å². The molecule has 29 heavy (non-hydrogen) atoms. The zero-order chi connectivity index (χ0) is 20.6. The molecule has 1 saturated heterocycles. The number of rotatable bonds is 9. The maximum absolute atomic E-state index is 12.5. The lowest BCUT2D eigenvalue weighted by molar-refractivity contribution is -0.134. The Hall–Kier alpha value is -2.26. The Kier molecular flexibility index (Phi) is 7.76. The summed E-state index contributed by atoms with van der Waals surface area (Å²) in [6, 6.07) is 8.08. The Bertz CT molecular complexity index is 801. The van der Waals surface area contributed by atoms with Gasteiger partial charge in [-0.05, 0) is 26.3 Å². The minimum Gasteiger partial charge on any atom is -0.366 e. The number of carbonyl (C=O) groups is 1. The zero-order valence-electron chi connectivity index (χ0n) is 17.4. The van der Waals surface area contributed by atoms with E-state index in [1.807, 2.05) is 19.2 Å². The summed E-state index contributed by atoms with van der Waals surface area (Å²) in [6.07, 6.45) is 2.46. The minimum atomic E-state index is -0.454. The molecular formula is C21H31N5O3. The van der Waals surface area contributed by atoms with E-state index in [2.05, 4.69) is 45.8 Å². The number of carbonyl (C=O) groups excluding carboxylic acids is 1. The van der Waals surface area contributed by atoms with Gasteiger partial charge in [-0.15, -0.1) is 0 Å². The molecule has 1 aromatic heterocycles. The summed E-state index contributed by atoms with van der Waals surface area (Å²) in [5.41, 5.74) is 5.95. The molecule has 0 aliphatic carbocycles. The second-order valence-corrected chi connectivity index (χ2v) is 7.30. The first-order chi connectivity index (χ1) is 14.1. The van der Waals surface area contributed by atoms with Gasteiger partial charge in [0.15, 0.2) is 0 Å². The summed E-state index contributed by atoms with van der Waals surface area (Å²) in [7, 11) is 1.61. The highest BCUT2D eigenvalue weighted by molar-refractivity contribution is 5.81. The molecule has 1 aromatic carbocycles. The average molecular weight is 402 g/mol. The van der Waals surface area contributed by atoms with Crippen LogP contribution in [0, 0.1) is 6.92 Å². The van der Waals surface area contributed by atoms with E-state index in [0.29, 0.717) is 13.2 Å². The van der Waals surface area contributed by atoms with Gasteiger partial charge in [0.2, 0.25) is 0 Å². The molecule has 1 aliphatic heterocycles. The SMILES string of the molecule is CONCCCn1cc([C@@H](C)NC(=O)[C@H]2CNCCO2)nc1-c1cccc(C)c1. The van der Waals surface area contributed by atoms with Crippen LogP contribution in [-0.4, -0.2) is 54.9 Å². The van der Waals surface area contributed by atoms with Crippen LogP contribution in [0.25, 0.3) is 11.4 Å². The lowest BCUT2D eigenvalue weighted by Crippen LogP contribution is -2.48. The summed E-state index contributed by atoms with van der Waals surface area (Å²) in [5, 5.41) is 6.21. The Balaban J connectivity index is 1.76. The van der Waals surface area contributed by atoms with Gasteiger partial charge in [0.1, 0.15) is 11.9 Å². The molecule has 0 saturated carbocycles. The van der Waals surface area contributed by atoms with Crippen molar-refractivity contribution < 1.29 is 14.4 Å². The van der Waals surface area contributed by atoms with E-state index in [1.165, 1.54) is 5.56 Å². The highest BCUT2D eigenvalue weighted by Gasteiger charge is 2.24. The van der Waals surface area contributed by atoms with Crippen LogP contribution in [0.5, 0.6) is 0 Å². The van der Waals surface area contributed by atoms with Gasteiger partial charge in [0.25, 0.3) is 5.91 Å². The van der Waals surface area contributed by atoms with Gasteiger partial charge < -0.3 is 24.8 Å². The standard InChI is InChI=1S/C21H31N5O3/c1-15-6-4-7-17(12-15)20-25-18(14-26(20)10-5-8-23-28-3)16(2)24-21(27)19-13-22-9-11-29-19/h4,6-7,12,14,16,19,22-23H,5,8-11,13H2,1-3H3,(H,24,27)/t16-,19-/m1/s1. The number of ether oxygens (including phenoxy) is 1. The Morgan fingerprint density at radius 3 is 3.07 bits per heavy atom. The first kappa shape index (κ1) is 21.4. The second kappa shape index (κ2) is 10.5. The van der Waals surface area contributed by atoms with E-state index >= 15 is 0 Å². The highest BCUT2D eigenvalue weighted by Crippen LogP contribution is 2.23. The molecule has 2 heterocycles. The van der Waals surface area contributed by atoms with Gasteiger partial charge >= 0.3 is 0 Å². The van der Waals surface area contributed by atoms with Crippen molar-refractivity contribution in [3.05, 3.63) is 41.7 Å². The molecule has 1 amide bonds. The normalized spacial score (nSPS) is 17.8. The number of benzene rings is 1. The fraction of sp³-hybridized carbons (Fsp3) is 0.524. The van der Waals surface area contributed by atoms with Gasteiger partial charge in [-0.2, -0.15) is 0 Å². The van der Waals surface area contributed by atoms with Crippen LogP contribution in [0.3, 0.4) is 0 Å². The average Bonchev–Trinajstić information content (AvgIpc) is 3.16. The van der Waals surface area contributed by atoms with Crippen LogP contribution in [-0.2, 0) is 20.9 Å². The van der Waals surface area contributed by atoms with Gasteiger partial charge in [0.05, 0.1) is 25.5 Å². The molecule has 2 aromatic rings. The maximum atomic E-state index is 12.5. The lowest BCUT2D eigenvalue weighted by atomic mass is 10.1. The van der Waals surface area contributed by atoms with Crippen LogP contribution in [0.1, 0.15) is 30.6 Å². The predicted molar refractivity (Wildman–Crippen MR) is 111 cm³/mol. The van der Waals surface area contributed by atoms with Crippen molar-refractivity contribution in [2.75, 3.05) is 33.4 Å². The van der Waals surface area contributed by atoms with Gasteiger partial charge in [-0.1, -0.05) is 23.8 Å². The van der Waals surface area contributed by atoms with E-state index < -0.39 is 6.10 Å². The molecule has 3 rings (SSSR count). The summed E-state index contributed by atoms with van der Waals surface area (Å²) < 4.78 is 7.69. The molecule has 1 fully saturated rings. The van der Waals surface area contributed by atoms with Crippen molar-refractivity contribution in [1.29, 1.82) is 0 Å². The molecule has 3 N–H and O–H groups in total. The van der Waals surface area contributed by atoms with Gasteiger partial charge in [-0.25, -0.2) is 10.5 Å². The lowest BCUT2D eigenvalue weighted by Gasteiger charge is -2.24. The van der Waals surface area contributed by atoms with Crippen molar-refractivity contribution in [2.45, 2.75) is 39.0 Å². The fourth-order valence-electron chi connectivity index (χ4n) is 3.37. The molecule has 2 atom stereocenters. The number of morpholine rings is 1. The van der Waals surface area contributed by atoms with Crippen LogP contribution >= 0.6 is 0 Å². The number of aromatic nitrogens is 2.